The quantitative estimate of drug-likeness (QED) is 0.500. The average molecular weight is 345 g/mol. The van der Waals surface area contributed by atoms with Crippen molar-refractivity contribution in [1.82, 2.24) is 33.3 Å². The van der Waals surface area contributed by atoms with Crippen LogP contribution in [0.2, 0.25) is 0 Å². The van der Waals surface area contributed by atoms with E-state index in [1.54, 1.807) is 29.3 Å². The molecule has 0 N–H and O–H groups in total. The van der Waals surface area contributed by atoms with Gasteiger partial charge in [-0.2, -0.15) is 13.8 Å². The van der Waals surface area contributed by atoms with Gasteiger partial charge in [0.2, 0.25) is 0 Å². The number of hydrogen-bond donors (Lipinski definition) is 0. The van der Waals surface area contributed by atoms with Crippen molar-refractivity contribution in [2.75, 3.05) is 0 Å². The van der Waals surface area contributed by atoms with Crippen LogP contribution in [0.1, 0.15) is 11.4 Å². The van der Waals surface area contributed by atoms with Gasteiger partial charge in [0.1, 0.15) is 16.7 Å². The standard InChI is InChI=1S/C17H11N7S/c1-2-12(10-18-5-1)16-17-20-15(21-24(17)7-6-19-16)9-11-3-4-13-14(8-11)23-25-22-13/h1-8,10H,9H2. The van der Waals surface area contributed by atoms with Crippen LogP contribution < -0.4 is 0 Å². The number of rotatable bonds is 3. The van der Waals surface area contributed by atoms with Gasteiger partial charge in [0.15, 0.2) is 11.5 Å². The van der Waals surface area contributed by atoms with Gasteiger partial charge < -0.3 is 0 Å². The van der Waals surface area contributed by atoms with Crippen molar-refractivity contribution in [2.24, 2.45) is 0 Å². The van der Waals surface area contributed by atoms with Gasteiger partial charge in [-0.05, 0) is 29.8 Å². The first-order chi connectivity index (χ1) is 12.4. The number of nitrogens with zero attached hydrogens (tertiary/aromatic N) is 7. The summed E-state index contributed by atoms with van der Waals surface area (Å²) in [6.07, 6.45) is 7.67. The summed E-state index contributed by atoms with van der Waals surface area (Å²) in [6, 6.07) is 9.90. The van der Waals surface area contributed by atoms with E-state index in [1.807, 2.05) is 30.3 Å². The number of hydrogen-bond acceptors (Lipinski definition) is 7. The molecule has 4 aromatic heterocycles. The van der Waals surface area contributed by atoms with E-state index in [2.05, 4.69) is 28.8 Å². The van der Waals surface area contributed by atoms with Crippen molar-refractivity contribution in [3.63, 3.8) is 0 Å². The Kier molecular flexibility index (Phi) is 3.20. The van der Waals surface area contributed by atoms with Crippen LogP contribution in [-0.2, 0) is 6.42 Å². The Labute approximate surface area is 146 Å². The van der Waals surface area contributed by atoms with E-state index in [4.69, 9.17) is 0 Å². The number of fused-ring (bicyclic) bond motifs is 2. The zero-order chi connectivity index (χ0) is 16.6. The zero-order valence-electron chi connectivity index (χ0n) is 12.9. The first-order valence-electron chi connectivity index (χ1n) is 7.69. The Hall–Kier alpha value is -3.26. The second-order valence-corrected chi connectivity index (χ2v) is 6.11. The summed E-state index contributed by atoms with van der Waals surface area (Å²) in [5, 5.41) is 4.57. The molecule has 1 aromatic carbocycles. The van der Waals surface area contributed by atoms with E-state index >= 15 is 0 Å². The molecule has 0 aliphatic heterocycles. The van der Waals surface area contributed by atoms with Gasteiger partial charge in [0, 0.05) is 36.8 Å². The summed E-state index contributed by atoms with van der Waals surface area (Å²) < 4.78 is 10.3. The molecule has 0 aliphatic rings. The van der Waals surface area contributed by atoms with Crippen LogP contribution in [0.3, 0.4) is 0 Å². The molecule has 5 aromatic rings. The zero-order valence-corrected chi connectivity index (χ0v) is 13.8. The number of benzene rings is 1. The maximum atomic E-state index is 4.68. The Balaban J connectivity index is 1.56. The van der Waals surface area contributed by atoms with Gasteiger partial charge in [-0.25, -0.2) is 9.50 Å². The third-order valence-electron chi connectivity index (χ3n) is 3.91. The molecule has 0 unspecified atom stereocenters. The molecular formula is C17H11N7S. The summed E-state index contributed by atoms with van der Waals surface area (Å²) in [5.41, 5.74) is 5.34. The predicted octanol–water partition coefficient (Wildman–Crippen LogP) is 2.78. The van der Waals surface area contributed by atoms with Gasteiger partial charge in [-0.3, -0.25) is 9.97 Å². The van der Waals surface area contributed by atoms with Crippen molar-refractivity contribution in [3.8, 4) is 11.3 Å². The summed E-state index contributed by atoms with van der Waals surface area (Å²) in [5.74, 6) is 0.737. The lowest BCUT2D eigenvalue weighted by atomic mass is 10.1. The molecule has 4 heterocycles. The Morgan fingerprint density at radius 2 is 2.00 bits per heavy atom. The van der Waals surface area contributed by atoms with Gasteiger partial charge >= 0.3 is 0 Å². The lowest BCUT2D eigenvalue weighted by Crippen LogP contribution is -1.93. The molecule has 0 radical (unpaired) electrons. The molecule has 0 saturated carbocycles. The van der Waals surface area contributed by atoms with E-state index < -0.39 is 0 Å². The summed E-state index contributed by atoms with van der Waals surface area (Å²) in [4.78, 5) is 13.3. The fraction of sp³-hybridized carbons (Fsp3) is 0.0588. The molecule has 0 bridgehead atoms. The molecule has 0 atom stereocenters. The highest BCUT2D eigenvalue weighted by atomic mass is 32.1. The van der Waals surface area contributed by atoms with Crippen LogP contribution in [0.4, 0.5) is 0 Å². The van der Waals surface area contributed by atoms with Crippen LogP contribution in [0.25, 0.3) is 27.9 Å². The highest BCUT2D eigenvalue weighted by Crippen LogP contribution is 2.21. The molecular weight excluding hydrogens is 334 g/mol. The first kappa shape index (κ1) is 14.1. The van der Waals surface area contributed by atoms with Crippen molar-refractivity contribution < 1.29 is 0 Å². The highest BCUT2D eigenvalue weighted by molar-refractivity contribution is 7.00. The van der Waals surface area contributed by atoms with Gasteiger partial charge in [0.25, 0.3) is 0 Å². The normalized spacial score (nSPS) is 11.4. The monoisotopic (exact) mass is 345 g/mol. The summed E-state index contributed by atoms with van der Waals surface area (Å²) >= 11 is 1.22. The molecule has 25 heavy (non-hydrogen) atoms. The van der Waals surface area contributed by atoms with Gasteiger partial charge in [0.05, 0.1) is 11.7 Å². The van der Waals surface area contributed by atoms with Crippen LogP contribution in [0.15, 0.2) is 55.1 Å². The molecule has 0 saturated heterocycles. The molecule has 5 rings (SSSR count). The summed E-state index contributed by atoms with van der Waals surface area (Å²) in [6.45, 7) is 0. The van der Waals surface area contributed by atoms with Gasteiger partial charge in [-0.15, -0.1) is 0 Å². The van der Waals surface area contributed by atoms with Crippen molar-refractivity contribution in [1.29, 1.82) is 0 Å². The average Bonchev–Trinajstić information content (AvgIpc) is 3.27. The maximum Gasteiger partial charge on any atom is 0.182 e. The second kappa shape index (κ2) is 5.67. The maximum absolute atomic E-state index is 4.68. The molecule has 0 aliphatic carbocycles. The van der Waals surface area contributed by atoms with E-state index in [0.717, 1.165) is 39.3 Å². The lowest BCUT2D eigenvalue weighted by molar-refractivity contribution is 0.894. The predicted molar refractivity (Wildman–Crippen MR) is 94.2 cm³/mol. The number of aromatic nitrogens is 7. The fourth-order valence-electron chi connectivity index (χ4n) is 2.76. The fourth-order valence-corrected chi connectivity index (χ4v) is 3.28. The molecule has 0 amide bonds. The van der Waals surface area contributed by atoms with Crippen LogP contribution in [-0.4, -0.2) is 33.3 Å². The molecule has 7 nitrogen and oxygen atoms in total. The lowest BCUT2D eigenvalue weighted by Gasteiger charge is -2.00. The van der Waals surface area contributed by atoms with E-state index in [-0.39, 0.29) is 0 Å². The van der Waals surface area contributed by atoms with E-state index in [9.17, 15) is 0 Å². The Morgan fingerprint density at radius 1 is 1.04 bits per heavy atom. The Morgan fingerprint density at radius 3 is 2.92 bits per heavy atom. The second-order valence-electron chi connectivity index (χ2n) is 5.58. The molecule has 0 fully saturated rings. The first-order valence-corrected chi connectivity index (χ1v) is 8.42. The van der Waals surface area contributed by atoms with Crippen LogP contribution in [0, 0.1) is 0 Å². The minimum Gasteiger partial charge on any atom is -0.264 e. The third-order valence-corrected chi connectivity index (χ3v) is 4.47. The van der Waals surface area contributed by atoms with E-state index in [0.29, 0.717) is 6.42 Å². The van der Waals surface area contributed by atoms with Crippen molar-refractivity contribution in [2.45, 2.75) is 6.42 Å². The summed E-state index contributed by atoms with van der Waals surface area (Å²) in [7, 11) is 0. The topological polar surface area (TPSA) is 81.8 Å². The minimum absolute atomic E-state index is 0.627. The smallest absolute Gasteiger partial charge is 0.182 e. The largest absolute Gasteiger partial charge is 0.264 e. The SMILES string of the molecule is c1cncc(-c2nccn3nc(Cc4ccc5nsnc5c4)nc23)c1. The molecule has 120 valence electrons. The van der Waals surface area contributed by atoms with Crippen LogP contribution in [0.5, 0.6) is 0 Å². The Bertz CT molecular complexity index is 1180. The van der Waals surface area contributed by atoms with Crippen molar-refractivity contribution in [3.05, 3.63) is 66.5 Å². The minimum atomic E-state index is 0.627. The molecule has 8 heteroatoms. The highest BCUT2D eigenvalue weighted by Gasteiger charge is 2.12. The third kappa shape index (κ3) is 2.52. The van der Waals surface area contributed by atoms with Crippen LogP contribution >= 0.6 is 11.7 Å². The van der Waals surface area contributed by atoms with Gasteiger partial charge in [-0.1, -0.05) is 6.07 Å². The van der Waals surface area contributed by atoms with E-state index in [1.165, 1.54) is 11.7 Å². The molecule has 0 spiro atoms. The number of pyridine rings is 1. The van der Waals surface area contributed by atoms with Crippen molar-refractivity contribution >= 4 is 28.4 Å².